The molecule has 0 saturated carbocycles. The molecule has 0 aliphatic rings. The first kappa shape index (κ1) is 17.2. The molecule has 126 valence electrons. The van der Waals surface area contributed by atoms with Gasteiger partial charge in [-0.05, 0) is 47.5 Å². The van der Waals surface area contributed by atoms with Crippen molar-refractivity contribution in [3.63, 3.8) is 0 Å². The molecule has 0 fully saturated rings. The lowest BCUT2D eigenvalue weighted by Crippen LogP contribution is -1.87. The highest BCUT2D eigenvalue weighted by Gasteiger charge is 1.94. The molecule has 0 spiro atoms. The van der Waals surface area contributed by atoms with Crippen LogP contribution in [0.25, 0.3) is 12.2 Å². The van der Waals surface area contributed by atoms with Gasteiger partial charge in [-0.2, -0.15) is 0 Å². The number of hydrogen-bond donors (Lipinski definition) is 0. The summed E-state index contributed by atoms with van der Waals surface area (Å²) in [4.78, 5) is 17.4. The summed E-state index contributed by atoms with van der Waals surface area (Å²) in [5, 5.41) is 0. The zero-order valence-electron chi connectivity index (χ0n) is 14.3. The molecule has 4 heteroatoms. The van der Waals surface area contributed by atoms with Gasteiger partial charge in [-0.25, -0.2) is 0 Å². The molecule has 0 amide bonds. The van der Waals surface area contributed by atoms with Crippen molar-refractivity contribution in [3.8, 4) is 0 Å². The van der Waals surface area contributed by atoms with Gasteiger partial charge in [0.05, 0.1) is 35.2 Å². The lowest BCUT2D eigenvalue weighted by Gasteiger charge is -1.97. The Hall–Kier alpha value is -3.66. The lowest BCUT2D eigenvalue weighted by molar-refractivity contribution is 1.29. The highest BCUT2D eigenvalue weighted by molar-refractivity contribution is 5.81. The summed E-state index contributed by atoms with van der Waals surface area (Å²) in [6, 6.07) is 15.4. The van der Waals surface area contributed by atoms with E-state index >= 15 is 0 Å². The van der Waals surface area contributed by atoms with Crippen molar-refractivity contribution in [2.45, 2.75) is 0 Å². The first-order chi connectivity index (χ1) is 12.8. The minimum Gasteiger partial charge on any atom is -0.255 e. The fourth-order valence-corrected chi connectivity index (χ4v) is 2.13. The van der Waals surface area contributed by atoms with Gasteiger partial charge >= 0.3 is 0 Å². The van der Waals surface area contributed by atoms with E-state index in [2.05, 4.69) is 33.1 Å². The number of benzene rings is 1. The Bertz CT molecular complexity index is 854. The van der Waals surface area contributed by atoms with Gasteiger partial charge in [-0.15, -0.1) is 0 Å². The molecule has 3 aromatic rings. The van der Waals surface area contributed by atoms with Crippen molar-refractivity contribution < 1.29 is 0 Å². The van der Waals surface area contributed by atoms with Crippen LogP contribution in [-0.2, 0) is 0 Å². The molecule has 0 saturated heterocycles. The number of aliphatic imine (C=N–C) groups is 2. The van der Waals surface area contributed by atoms with Gasteiger partial charge < -0.3 is 0 Å². The average molecular weight is 338 g/mol. The van der Waals surface area contributed by atoms with Crippen LogP contribution in [0.2, 0.25) is 0 Å². The zero-order valence-corrected chi connectivity index (χ0v) is 14.3. The fourth-order valence-electron chi connectivity index (χ4n) is 2.13. The van der Waals surface area contributed by atoms with E-state index in [1.165, 1.54) is 0 Å². The third-order valence-electron chi connectivity index (χ3n) is 3.63. The second-order valence-corrected chi connectivity index (χ2v) is 5.47. The second kappa shape index (κ2) is 8.44. The highest BCUT2D eigenvalue weighted by atomic mass is 14.8. The molecule has 26 heavy (non-hydrogen) atoms. The predicted molar refractivity (Wildman–Crippen MR) is 110 cm³/mol. The van der Waals surface area contributed by atoms with Crippen LogP contribution in [0.1, 0.15) is 22.5 Å². The van der Waals surface area contributed by atoms with E-state index in [1.54, 1.807) is 37.0 Å². The summed E-state index contributed by atoms with van der Waals surface area (Å²) in [6.45, 7) is 7.42. The minimum absolute atomic E-state index is 0.798. The molecule has 0 atom stereocenters. The van der Waals surface area contributed by atoms with E-state index in [-0.39, 0.29) is 0 Å². The second-order valence-electron chi connectivity index (χ2n) is 5.47. The molecular formula is C22H18N4. The zero-order chi connectivity index (χ0) is 18.2. The predicted octanol–water partition coefficient (Wildman–Crippen LogP) is 5.26. The van der Waals surface area contributed by atoms with Gasteiger partial charge in [0, 0.05) is 12.4 Å². The molecule has 0 aliphatic carbocycles. The van der Waals surface area contributed by atoms with Gasteiger partial charge in [0.1, 0.15) is 0 Å². The molecule has 0 bridgehead atoms. The van der Waals surface area contributed by atoms with Crippen molar-refractivity contribution in [1.82, 2.24) is 9.97 Å². The minimum atomic E-state index is 0.798. The van der Waals surface area contributed by atoms with Gasteiger partial charge in [0.2, 0.25) is 0 Å². The SMILES string of the molecule is C=Cc1ccc(C=Nc2ccc(N=Cc3ccc(C=C)cn3)cc2)nc1. The Kier molecular flexibility index (Phi) is 5.58. The van der Waals surface area contributed by atoms with Crippen LogP contribution in [0.5, 0.6) is 0 Å². The third kappa shape index (κ3) is 4.68. The third-order valence-corrected chi connectivity index (χ3v) is 3.63. The molecule has 0 unspecified atom stereocenters. The van der Waals surface area contributed by atoms with E-state index in [0.717, 1.165) is 33.9 Å². The molecular weight excluding hydrogens is 320 g/mol. The van der Waals surface area contributed by atoms with Crippen LogP contribution in [0.3, 0.4) is 0 Å². The fraction of sp³-hybridized carbons (Fsp3) is 0. The molecule has 2 heterocycles. The van der Waals surface area contributed by atoms with Crippen LogP contribution in [0, 0.1) is 0 Å². The van der Waals surface area contributed by atoms with Crippen LogP contribution < -0.4 is 0 Å². The normalized spacial score (nSPS) is 11.1. The van der Waals surface area contributed by atoms with Crippen molar-refractivity contribution in [2.24, 2.45) is 9.98 Å². The Labute approximate surface area is 153 Å². The number of aromatic nitrogens is 2. The van der Waals surface area contributed by atoms with Crippen LogP contribution in [0.15, 0.2) is 84.1 Å². The van der Waals surface area contributed by atoms with Gasteiger partial charge in [-0.1, -0.05) is 37.4 Å². The van der Waals surface area contributed by atoms with Crippen molar-refractivity contribution in [2.75, 3.05) is 0 Å². The average Bonchev–Trinajstić information content (AvgIpc) is 2.72. The van der Waals surface area contributed by atoms with Crippen molar-refractivity contribution in [3.05, 3.63) is 96.6 Å². The Morgan fingerprint density at radius 3 is 1.35 bits per heavy atom. The Morgan fingerprint density at radius 2 is 1.04 bits per heavy atom. The maximum absolute atomic E-state index is 4.42. The number of hydrogen-bond acceptors (Lipinski definition) is 4. The summed E-state index contributed by atoms with van der Waals surface area (Å²) in [5.74, 6) is 0. The first-order valence-corrected chi connectivity index (χ1v) is 8.12. The van der Waals surface area contributed by atoms with Crippen LogP contribution in [0.4, 0.5) is 11.4 Å². The largest absolute Gasteiger partial charge is 0.255 e. The summed E-state index contributed by atoms with van der Waals surface area (Å²) in [5.41, 5.74) is 5.24. The summed E-state index contributed by atoms with van der Waals surface area (Å²) in [7, 11) is 0. The molecule has 0 N–H and O–H groups in total. The monoisotopic (exact) mass is 338 g/mol. The Morgan fingerprint density at radius 1 is 0.615 bits per heavy atom. The van der Waals surface area contributed by atoms with E-state index in [1.807, 2.05) is 48.5 Å². The summed E-state index contributed by atoms with van der Waals surface area (Å²) >= 11 is 0. The van der Waals surface area contributed by atoms with Gasteiger partial charge in [0.25, 0.3) is 0 Å². The van der Waals surface area contributed by atoms with E-state index in [0.29, 0.717) is 0 Å². The molecule has 1 aromatic carbocycles. The molecule has 3 rings (SSSR count). The quantitative estimate of drug-likeness (QED) is 0.575. The maximum atomic E-state index is 4.42. The molecule has 2 aromatic heterocycles. The van der Waals surface area contributed by atoms with E-state index in [4.69, 9.17) is 0 Å². The summed E-state index contributed by atoms with van der Waals surface area (Å²) < 4.78 is 0. The van der Waals surface area contributed by atoms with E-state index in [9.17, 15) is 0 Å². The topological polar surface area (TPSA) is 50.5 Å². The standard InChI is InChI=1S/C22H18N4/c1-3-17-5-7-21(23-13-17)15-25-19-9-11-20(12-10-19)26-16-22-8-6-18(4-2)14-24-22/h3-16H,1-2H2. The van der Waals surface area contributed by atoms with Gasteiger partial charge in [0.15, 0.2) is 0 Å². The Balaban J connectivity index is 1.65. The summed E-state index contributed by atoms with van der Waals surface area (Å²) in [6.07, 6.45) is 10.5. The highest BCUT2D eigenvalue weighted by Crippen LogP contribution is 2.18. The molecule has 0 radical (unpaired) electrons. The van der Waals surface area contributed by atoms with Crippen LogP contribution in [-0.4, -0.2) is 22.4 Å². The van der Waals surface area contributed by atoms with Crippen molar-refractivity contribution in [1.29, 1.82) is 0 Å². The maximum Gasteiger partial charge on any atom is 0.0812 e. The van der Waals surface area contributed by atoms with Crippen molar-refractivity contribution >= 4 is 36.0 Å². The molecule has 4 nitrogen and oxygen atoms in total. The number of rotatable bonds is 6. The van der Waals surface area contributed by atoms with Gasteiger partial charge in [-0.3, -0.25) is 20.0 Å². The first-order valence-electron chi connectivity index (χ1n) is 8.12. The number of nitrogens with zero attached hydrogens (tertiary/aromatic N) is 4. The molecule has 0 aliphatic heterocycles. The smallest absolute Gasteiger partial charge is 0.0812 e. The number of pyridine rings is 2. The lowest BCUT2D eigenvalue weighted by atomic mass is 10.2. The van der Waals surface area contributed by atoms with Crippen LogP contribution >= 0.6 is 0 Å². The van der Waals surface area contributed by atoms with E-state index < -0.39 is 0 Å².